The van der Waals surface area contributed by atoms with E-state index in [2.05, 4.69) is 15.7 Å². The Balaban J connectivity index is 2.59. The van der Waals surface area contributed by atoms with Gasteiger partial charge in [-0.05, 0) is 18.9 Å². The van der Waals surface area contributed by atoms with Crippen molar-refractivity contribution < 1.29 is 14.7 Å². The number of carboxylic acid groups (broad SMARTS) is 1. The third kappa shape index (κ3) is 3.46. The van der Waals surface area contributed by atoms with E-state index in [1.165, 1.54) is 0 Å². The van der Waals surface area contributed by atoms with Gasteiger partial charge in [0, 0.05) is 13.2 Å². The molecule has 0 spiro atoms. The smallest absolute Gasteiger partial charge is 0.329 e. The van der Waals surface area contributed by atoms with Gasteiger partial charge in [-0.25, -0.2) is 9.59 Å². The quantitative estimate of drug-likeness (QED) is 0.713. The number of carbonyl (C=O) groups is 2. The number of aliphatic carboxylic acids is 1. The van der Waals surface area contributed by atoms with Gasteiger partial charge in [0.25, 0.3) is 0 Å². The van der Waals surface area contributed by atoms with Crippen molar-refractivity contribution in [3.63, 3.8) is 0 Å². The van der Waals surface area contributed by atoms with Crippen molar-refractivity contribution in [2.45, 2.75) is 38.8 Å². The molecule has 0 aliphatic heterocycles. The zero-order valence-corrected chi connectivity index (χ0v) is 11.4. The van der Waals surface area contributed by atoms with Crippen LogP contribution in [-0.4, -0.2) is 32.4 Å². The van der Waals surface area contributed by atoms with Gasteiger partial charge in [0.05, 0.1) is 12.2 Å². The molecular weight excluding hydrogens is 248 g/mol. The summed E-state index contributed by atoms with van der Waals surface area (Å²) in [7, 11) is 1.77. The number of nitrogens with zero attached hydrogens (tertiary/aromatic N) is 2. The average molecular weight is 268 g/mol. The third-order valence-corrected chi connectivity index (χ3v) is 3.32. The highest BCUT2D eigenvalue weighted by atomic mass is 16.4. The van der Waals surface area contributed by atoms with Crippen LogP contribution in [0.4, 0.5) is 4.79 Å². The van der Waals surface area contributed by atoms with Crippen LogP contribution in [0.2, 0.25) is 0 Å². The summed E-state index contributed by atoms with van der Waals surface area (Å²) in [6.45, 7) is 3.77. The maximum Gasteiger partial charge on any atom is 0.329 e. The van der Waals surface area contributed by atoms with Gasteiger partial charge in [0.2, 0.25) is 0 Å². The molecule has 0 atom stereocenters. The highest BCUT2D eigenvalue weighted by molar-refractivity contribution is 5.86. The second-order valence-electron chi connectivity index (χ2n) is 4.35. The van der Waals surface area contributed by atoms with E-state index in [1.807, 2.05) is 0 Å². The lowest BCUT2D eigenvalue weighted by molar-refractivity contribution is -0.144. The molecule has 0 aromatic carbocycles. The minimum absolute atomic E-state index is 0.297. The van der Waals surface area contributed by atoms with E-state index in [-0.39, 0.29) is 0 Å². The van der Waals surface area contributed by atoms with Gasteiger partial charge in [-0.15, -0.1) is 0 Å². The van der Waals surface area contributed by atoms with Crippen LogP contribution in [0.5, 0.6) is 0 Å². The Bertz CT molecular complexity index is 452. The molecule has 0 aliphatic carbocycles. The van der Waals surface area contributed by atoms with E-state index in [1.54, 1.807) is 37.8 Å². The number of hydrogen-bond donors (Lipinski definition) is 3. The molecule has 0 saturated heterocycles. The second-order valence-corrected chi connectivity index (χ2v) is 4.35. The van der Waals surface area contributed by atoms with Crippen LogP contribution in [0.25, 0.3) is 0 Å². The average Bonchev–Trinajstić information content (AvgIpc) is 2.79. The number of aryl methyl sites for hydroxylation is 1. The third-order valence-electron chi connectivity index (χ3n) is 3.32. The Morgan fingerprint density at radius 2 is 2.05 bits per heavy atom. The maximum absolute atomic E-state index is 11.8. The van der Waals surface area contributed by atoms with E-state index in [0.717, 1.165) is 5.69 Å². The Hall–Kier alpha value is -2.05. The molecule has 3 N–H and O–H groups in total. The molecule has 0 bridgehead atoms. The fourth-order valence-electron chi connectivity index (χ4n) is 1.79. The normalized spacial score (nSPS) is 11.1. The molecular formula is C12H20N4O3. The Morgan fingerprint density at radius 3 is 2.47 bits per heavy atom. The SMILES string of the molecule is CCC(CC)(NC(=O)NCc1ccnn1C)C(=O)O. The lowest BCUT2D eigenvalue weighted by Gasteiger charge is -2.28. The predicted molar refractivity (Wildman–Crippen MR) is 69.5 cm³/mol. The molecule has 2 amide bonds. The van der Waals surface area contributed by atoms with Crippen molar-refractivity contribution in [3.05, 3.63) is 18.0 Å². The van der Waals surface area contributed by atoms with Crippen LogP contribution >= 0.6 is 0 Å². The topological polar surface area (TPSA) is 96.3 Å². The lowest BCUT2D eigenvalue weighted by Crippen LogP contribution is -2.56. The lowest BCUT2D eigenvalue weighted by atomic mass is 9.93. The number of urea groups is 1. The van der Waals surface area contributed by atoms with E-state index in [4.69, 9.17) is 0 Å². The number of rotatable bonds is 6. The molecule has 0 unspecified atom stereocenters. The number of hydrogen-bond acceptors (Lipinski definition) is 3. The molecule has 106 valence electrons. The summed E-state index contributed by atoms with van der Waals surface area (Å²) in [5.74, 6) is -1.02. The molecule has 1 aromatic rings. The van der Waals surface area contributed by atoms with Gasteiger partial charge >= 0.3 is 12.0 Å². The van der Waals surface area contributed by atoms with Gasteiger partial charge in [0.15, 0.2) is 0 Å². The number of amides is 2. The minimum Gasteiger partial charge on any atom is -0.480 e. The van der Waals surface area contributed by atoms with Gasteiger partial charge in [-0.2, -0.15) is 5.10 Å². The Kier molecular flexibility index (Phi) is 4.91. The molecule has 0 radical (unpaired) electrons. The number of aromatic nitrogens is 2. The van der Waals surface area contributed by atoms with Crippen LogP contribution in [0, 0.1) is 0 Å². The van der Waals surface area contributed by atoms with Crippen LogP contribution < -0.4 is 10.6 Å². The standard InChI is InChI=1S/C12H20N4O3/c1-4-12(5-2,10(17)18)15-11(19)13-8-9-6-7-14-16(9)3/h6-7H,4-5,8H2,1-3H3,(H,17,18)(H2,13,15,19). The van der Waals surface area contributed by atoms with Crippen LogP contribution in [0.3, 0.4) is 0 Å². The molecule has 1 aromatic heterocycles. The first-order valence-electron chi connectivity index (χ1n) is 6.21. The van der Waals surface area contributed by atoms with Gasteiger partial charge in [-0.1, -0.05) is 13.8 Å². The first-order chi connectivity index (χ1) is 8.95. The zero-order chi connectivity index (χ0) is 14.5. The molecule has 19 heavy (non-hydrogen) atoms. The fourth-order valence-corrected chi connectivity index (χ4v) is 1.79. The number of nitrogens with one attached hydrogen (secondary N) is 2. The van der Waals surface area contributed by atoms with Gasteiger partial charge < -0.3 is 15.7 Å². The predicted octanol–water partition coefficient (Wildman–Crippen LogP) is 0.863. The number of carboxylic acids is 1. The maximum atomic E-state index is 11.8. The summed E-state index contributed by atoms with van der Waals surface area (Å²) >= 11 is 0. The zero-order valence-electron chi connectivity index (χ0n) is 11.4. The van der Waals surface area contributed by atoms with Crippen molar-refractivity contribution in [1.29, 1.82) is 0 Å². The summed E-state index contributed by atoms with van der Waals surface area (Å²) in [5, 5.41) is 18.4. The summed E-state index contributed by atoms with van der Waals surface area (Å²) in [6, 6.07) is 1.29. The van der Waals surface area contributed by atoms with Crippen molar-refractivity contribution in [2.75, 3.05) is 0 Å². The molecule has 1 rings (SSSR count). The molecule has 0 aliphatic rings. The number of carbonyl (C=O) groups excluding carboxylic acids is 1. The molecule has 7 heteroatoms. The summed E-state index contributed by atoms with van der Waals surface area (Å²) in [4.78, 5) is 23.0. The van der Waals surface area contributed by atoms with Gasteiger partial charge in [0.1, 0.15) is 5.54 Å². The van der Waals surface area contributed by atoms with E-state index >= 15 is 0 Å². The summed E-state index contributed by atoms with van der Waals surface area (Å²) < 4.78 is 1.64. The Labute approximate surface area is 112 Å². The monoisotopic (exact) mass is 268 g/mol. The van der Waals surface area contributed by atoms with E-state index in [9.17, 15) is 14.7 Å². The first-order valence-corrected chi connectivity index (χ1v) is 6.21. The first kappa shape index (κ1) is 15.0. The molecule has 0 saturated carbocycles. The minimum atomic E-state index is -1.21. The van der Waals surface area contributed by atoms with Crippen molar-refractivity contribution in [3.8, 4) is 0 Å². The van der Waals surface area contributed by atoms with Crippen LogP contribution in [0.15, 0.2) is 12.3 Å². The molecule has 7 nitrogen and oxygen atoms in total. The fraction of sp³-hybridized carbons (Fsp3) is 0.583. The summed E-state index contributed by atoms with van der Waals surface area (Å²) in [5.41, 5.74) is -0.375. The summed E-state index contributed by atoms with van der Waals surface area (Å²) in [6.07, 6.45) is 2.30. The second kappa shape index (κ2) is 6.21. The molecule has 1 heterocycles. The Morgan fingerprint density at radius 1 is 1.42 bits per heavy atom. The van der Waals surface area contributed by atoms with E-state index in [0.29, 0.717) is 19.4 Å². The van der Waals surface area contributed by atoms with E-state index < -0.39 is 17.5 Å². The molecule has 0 fully saturated rings. The highest BCUT2D eigenvalue weighted by Crippen LogP contribution is 2.15. The van der Waals surface area contributed by atoms with Crippen molar-refractivity contribution >= 4 is 12.0 Å². The largest absolute Gasteiger partial charge is 0.480 e. The van der Waals surface area contributed by atoms with Crippen molar-refractivity contribution in [1.82, 2.24) is 20.4 Å². The van der Waals surface area contributed by atoms with Gasteiger partial charge in [-0.3, -0.25) is 4.68 Å². The van der Waals surface area contributed by atoms with Crippen LogP contribution in [0.1, 0.15) is 32.4 Å². The highest BCUT2D eigenvalue weighted by Gasteiger charge is 2.36. The van der Waals surface area contributed by atoms with Crippen molar-refractivity contribution in [2.24, 2.45) is 7.05 Å². The van der Waals surface area contributed by atoms with Crippen LogP contribution in [-0.2, 0) is 18.4 Å².